The van der Waals surface area contributed by atoms with Crippen LogP contribution in [0.2, 0.25) is 5.02 Å². The van der Waals surface area contributed by atoms with Gasteiger partial charge in [0.05, 0.1) is 18.5 Å². The van der Waals surface area contributed by atoms with Crippen molar-refractivity contribution < 1.29 is 13.9 Å². The second-order valence-corrected chi connectivity index (χ2v) is 7.79. The molecule has 4 rings (SSSR count). The fraction of sp³-hybridized carbons (Fsp3) is 0.304. The summed E-state index contributed by atoms with van der Waals surface area (Å²) in [5, 5.41) is 3.73. The van der Waals surface area contributed by atoms with Crippen LogP contribution in [0.1, 0.15) is 35.0 Å². The summed E-state index contributed by atoms with van der Waals surface area (Å²) in [6.45, 7) is 2.38. The number of hydrogen-bond donors (Lipinski definition) is 1. The van der Waals surface area contributed by atoms with Crippen LogP contribution in [0.3, 0.4) is 0 Å². The molecule has 1 fully saturated rings. The van der Waals surface area contributed by atoms with E-state index in [9.17, 15) is 9.59 Å². The quantitative estimate of drug-likeness (QED) is 0.644. The molecule has 0 spiro atoms. The molecule has 1 N–H and O–H groups in total. The summed E-state index contributed by atoms with van der Waals surface area (Å²) in [5.41, 5.74) is 1.14. The van der Waals surface area contributed by atoms with Crippen molar-refractivity contribution in [2.24, 2.45) is 0 Å². The third-order valence-corrected chi connectivity index (χ3v) is 5.69. The first kappa shape index (κ1) is 20.4. The predicted molar refractivity (Wildman–Crippen MR) is 116 cm³/mol. The van der Waals surface area contributed by atoms with Gasteiger partial charge in [-0.05, 0) is 61.8 Å². The second kappa shape index (κ2) is 8.90. The first-order valence-electron chi connectivity index (χ1n) is 9.95. The number of benzene rings is 2. The molecule has 7 heteroatoms. The largest absolute Gasteiger partial charge is 0.497 e. The Labute approximate surface area is 179 Å². The third kappa shape index (κ3) is 4.35. The highest BCUT2D eigenvalue weighted by Crippen LogP contribution is 2.26. The standard InChI is InChI=1S/C23H23ClN2O4/c1-29-17-7-4-15(5-8-17)19(26-10-2-3-11-26)14-25-23(28)22-13-20(27)18-12-16(24)6-9-21(18)30-22/h4-9,12-13,19H,2-3,10-11,14H2,1H3,(H,25,28)/t19-/m1/s1. The topological polar surface area (TPSA) is 71.8 Å². The highest BCUT2D eigenvalue weighted by molar-refractivity contribution is 6.31. The van der Waals surface area contributed by atoms with Crippen LogP contribution in [0.4, 0.5) is 0 Å². The molecule has 1 aliphatic heterocycles. The average molecular weight is 427 g/mol. The van der Waals surface area contributed by atoms with Gasteiger partial charge in [0.25, 0.3) is 5.91 Å². The maximum absolute atomic E-state index is 12.8. The molecule has 1 amide bonds. The number of fused-ring (bicyclic) bond motifs is 1. The number of carbonyl (C=O) groups excluding carboxylic acids is 1. The van der Waals surface area contributed by atoms with Gasteiger partial charge in [-0.25, -0.2) is 0 Å². The van der Waals surface area contributed by atoms with Crippen LogP contribution in [0, 0.1) is 0 Å². The van der Waals surface area contributed by atoms with Crippen molar-refractivity contribution in [3.8, 4) is 5.75 Å². The molecule has 1 atom stereocenters. The Bertz CT molecular complexity index is 1100. The fourth-order valence-electron chi connectivity index (χ4n) is 3.85. The van der Waals surface area contributed by atoms with E-state index in [1.807, 2.05) is 24.3 Å². The number of carbonyl (C=O) groups is 1. The predicted octanol–water partition coefficient (Wildman–Crippen LogP) is 4.02. The number of nitrogens with zero attached hydrogens (tertiary/aromatic N) is 1. The summed E-state index contributed by atoms with van der Waals surface area (Å²) in [5.74, 6) is 0.368. The molecule has 0 bridgehead atoms. The number of hydrogen-bond acceptors (Lipinski definition) is 5. The van der Waals surface area contributed by atoms with Crippen molar-refractivity contribution in [2.45, 2.75) is 18.9 Å². The Balaban J connectivity index is 1.54. The van der Waals surface area contributed by atoms with E-state index in [-0.39, 0.29) is 17.2 Å². The first-order chi connectivity index (χ1) is 14.5. The molecule has 6 nitrogen and oxygen atoms in total. The van der Waals surface area contributed by atoms with Crippen LogP contribution in [-0.4, -0.2) is 37.6 Å². The van der Waals surface area contributed by atoms with Gasteiger partial charge in [0, 0.05) is 17.6 Å². The van der Waals surface area contributed by atoms with E-state index in [2.05, 4.69) is 10.2 Å². The molecule has 2 heterocycles. The molecule has 1 aliphatic rings. The third-order valence-electron chi connectivity index (χ3n) is 5.45. The number of ether oxygens (including phenoxy) is 1. The van der Waals surface area contributed by atoms with Crippen molar-refractivity contribution in [2.75, 3.05) is 26.7 Å². The Morgan fingerprint density at radius 3 is 2.60 bits per heavy atom. The van der Waals surface area contributed by atoms with Crippen LogP contribution in [0.25, 0.3) is 11.0 Å². The van der Waals surface area contributed by atoms with Gasteiger partial charge in [-0.15, -0.1) is 0 Å². The Morgan fingerprint density at radius 1 is 1.17 bits per heavy atom. The van der Waals surface area contributed by atoms with E-state index >= 15 is 0 Å². The number of methoxy groups -OCH3 is 1. The van der Waals surface area contributed by atoms with E-state index in [0.29, 0.717) is 22.5 Å². The van der Waals surface area contributed by atoms with E-state index in [0.717, 1.165) is 37.2 Å². The van der Waals surface area contributed by atoms with Crippen molar-refractivity contribution in [1.29, 1.82) is 0 Å². The van der Waals surface area contributed by atoms with Crippen LogP contribution in [0.15, 0.2) is 57.7 Å². The molecule has 156 valence electrons. The average Bonchev–Trinajstić information content (AvgIpc) is 3.29. The Kier molecular flexibility index (Phi) is 6.06. The normalized spacial score (nSPS) is 15.3. The minimum absolute atomic E-state index is 0.00951. The highest BCUT2D eigenvalue weighted by atomic mass is 35.5. The second-order valence-electron chi connectivity index (χ2n) is 7.36. The lowest BCUT2D eigenvalue weighted by atomic mass is 10.1. The summed E-state index contributed by atoms with van der Waals surface area (Å²) in [6.07, 6.45) is 2.28. The van der Waals surface area contributed by atoms with Crippen molar-refractivity contribution in [3.63, 3.8) is 0 Å². The number of nitrogens with one attached hydrogen (secondary N) is 1. The molecule has 30 heavy (non-hydrogen) atoms. The van der Waals surface area contributed by atoms with Gasteiger partial charge < -0.3 is 14.5 Å². The molecule has 2 aromatic carbocycles. The van der Waals surface area contributed by atoms with Gasteiger partial charge in [-0.2, -0.15) is 0 Å². The van der Waals surface area contributed by atoms with E-state index < -0.39 is 5.91 Å². The van der Waals surface area contributed by atoms with Gasteiger partial charge in [0.15, 0.2) is 11.2 Å². The zero-order chi connectivity index (χ0) is 21.1. The van der Waals surface area contributed by atoms with Gasteiger partial charge >= 0.3 is 0 Å². The zero-order valence-electron chi connectivity index (χ0n) is 16.7. The van der Waals surface area contributed by atoms with Crippen molar-refractivity contribution in [3.05, 3.63) is 75.1 Å². The molecule has 0 unspecified atom stereocenters. The summed E-state index contributed by atoms with van der Waals surface area (Å²) in [6, 6.07) is 13.9. The van der Waals surface area contributed by atoms with Gasteiger partial charge in [0.2, 0.25) is 0 Å². The smallest absolute Gasteiger partial charge is 0.287 e. The van der Waals surface area contributed by atoms with Crippen LogP contribution < -0.4 is 15.5 Å². The molecule has 1 aromatic heterocycles. The summed E-state index contributed by atoms with van der Waals surface area (Å²) < 4.78 is 10.9. The zero-order valence-corrected chi connectivity index (χ0v) is 17.4. The summed E-state index contributed by atoms with van der Waals surface area (Å²) in [7, 11) is 1.64. The summed E-state index contributed by atoms with van der Waals surface area (Å²) >= 11 is 5.94. The van der Waals surface area contributed by atoms with Gasteiger partial charge in [0.1, 0.15) is 11.3 Å². The van der Waals surface area contributed by atoms with Crippen molar-refractivity contribution >= 4 is 28.5 Å². The SMILES string of the molecule is COc1ccc([C@@H](CNC(=O)c2cc(=O)c3cc(Cl)ccc3o2)N2CCCC2)cc1. The lowest BCUT2D eigenvalue weighted by molar-refractivity contribution is 0.0910. The monoisotopic (exact) mass is 426 g/mol. The summed E-state index contributed by atoms with van der Waals surface area (Å²) in [4.78, 5) is 27.5. The maximum atomic E-state index is 12.8. The maximum Gasteiger partial charge on any atom is 0.287 e. The first-order valence-corrected chi connectivity index (χ1v) is 10.3. The number of rotatable bonds is 6. The van der Waals surface area contributed by atoms with E-state index in [1.54, 1.807) is 19.2 Å². The molecule has 0 radical (unpaired) electrons. The van der Waals surface area contributed by atoms with Crippen LogP contribution in [0.5, 0.6) is 5.75 Å². The fourth-order valence-corrected chi connectivity index (χ4v) is 4.03. The number of halogens is 1. The minimum atomic E-state index is -0.415. The van der Waals surface area contributed by atoms with Gasteiger partial charge in [-0.1, -0.05) is 23.7 Å². The highest BCUT2D eigenvalue weighted by Gasteiger charge is 2.24. The van der Waals surface area contributed by atoms with Crippen LogP contribution in [-0.2, 0) is 0 Å². The molecular formula is C23H23ClN2O4. The Hall–Kier alpha value is -2.83. The van der Waals surface area contributed by atoms with E-state index in [1.165, 1.54) is 12.1 Å². The van der Waals surface area contributed by atoms with Gasteiger partial charge in [-0.3, -0.25) is 14.5 Å². The molecule has 0 saturated carbocycles. The van der Waals surface area contributed by atoms with Crippen molar-refractivity contribution in [1.82, 2.24) is 10.2 Å². The lowest BCUT2D eigenvalue weighted by Crippen LogP contribution is -2.37. The molecule has 0 aliphatic carbocycles. The van der Waals surface area contributed by atoms with E-state index in [4.69, 9.17) is 20.8 Å². The Morgan fingerprint density at radius 2 is 1.90 bits per heavy atom. The molecule has 3 aromatic rings. The molecule has 1 saturated heterocycles. The number of likely N-dealkylation sites (tertiary alicyclic amines) is 1. The molecular weight excluding hydrogens is 404 g/mol. The van der Waals surface area contributed by atoms with Crippen LogP contribution >= 0.6 is 11.6 Å². The number of amides is 1. The lowest BCUT2D eigenvalue weighted by Gasteiger charge is -2.28. The minimum Gasteiger partial charge on any atom is -0.497 e.